The van der Waals surface area contributed by atoms with E-state index in [-0.39, 0.29) is 10.8 Å². The van der Waals surface area contributed by atoms with Gasteiger partial charge in [-0.05, 0) is 73.6 Å². The molecule has 0 heterocycles. The topological polar surface area (TPSA) is 49.7 Å². The summed E-state index contributed by atoms with van der Waals surface area (Å²) in [5, 5.41) is 20.6. The maximum Gasteiger partial charge on any atom is 0.483 e. The molecule has 0 unspecified atom stereocenters. The lowest BCUT2D eigenvalue weighted by Crippen LogP contribution is -2.50. The third kappa shape index (κ3) is 4.85. The molecule has 3 nitrogen and oxygen atoms in total. The number of aliphatic hydroxyl groups is 1. The lowest BCUT2D eigenvalue weighted by molar-refractivity contribution is -0.0984. The van der Waals surface area contributed by atoms with E-state index in [9.17, 15) is 10.1 Å². The molecular formula is C23H37BO3. The third-order valence-electron chi connectivity index (χ3n) is 6.21. The molecule has 0 aliphatic heterocycles. The molecule has 150 valence electrons. The Bertz CT molecular complexity index is 718. The molecule has 0 amide bonds. The molecule has 0 bridgehead atoms. The summed E-state index contributed by atoms with van der Waals surface area (Å²) >= 11 is 0. The number of benzene rings is 1. The van der Waals surface area contributed by atoms with Crippen LogP contribution in [0.25, 0.3) is 6.08 Å². The van der Waals surface area contributed by atoms with Crippen LogP contribution in [0.1, 0.15) is 91.0 Å². The second-order valence-corrected chi connectivity index (χ2v) is 10.7. The summed E-state index contributed by atoms with van der Waals surface area (Å²) in [6, 6.07) is 4.61. The van der Waals surface area contributed by atoms with Crippen molar-refractivity contribution in [3.8, 4) is 0 Å². The Hall–Kier alpha value is -1.10. The summed E-state index contributed by atoms with van der Waals surface area (Å²) < 4.78 is 5.70. The highest BCUT2D eigenvalue weighted by molar-refractivity contribution is 6.50. The van der Waals surface area contributed by atoms with Crippen molar-refractivity contribution in [1.82, 2.24) is 0 Å². The van der Waals surface area contributed by atoms with Crippen molar-refractivity contribution < 1.29 is 14.8 Å². The highest BCUT2D eigenvalue weighted by Crippen LogP contribution is 2.42. The van der Waals surface area contributed by atoms with Gasteiger partial charge in [0.2, 0.25) is 0 Å². The lowest BCUT2D eigenvalue weighted by atomic mass is 9.78. The maximum absolute atomic E-state index is 10.4. The van der Waals surface area contributed by atoms with Gasteiger partial charge in [0.15, 0.2) is 0 Å². The largest absolute Gasteiger partial charge is 0.483 e. The highest BCUT2D eigenvalue weighted by atomic mass is 16.5. The number of fused-ring (bicyclic) bond motifs is 1. The quantitative estimate of drug-likeness (QED) is 0.730. The first kappa shape index (κ1) is 22.2. The molecule has 0 radical (unpaired) electrons. The summed E-state index contributed by atoms with van der Waals surface area (Å²) in [6.07, 6.45) is 4.17. The average molecular weight is 372 g/mol. The molecule has 1 aromatic rings. The standard InChI is InChI=1S/C23H37BO3/c1-20(2,3)17-14-16(18-10-12-21(4,5)19(18)15-17)11-13-24(26)27-23(8,9)22(6,7)25/h11,13-15,25-26H,10,12H2,1-9H3. The van der Waals surface area contributed by atoms with Gasteiger partial charge in [-0.25, -0.2) is 0 Å². The van der Waals surface area contributed by atoms with E-state index in [4.69, 9.17) is 4.65 Å². The summed E-state index contributed by atoms with van der Waals surface area (Å²) in [7, 11) is -1.07. The molecule has 4 heteroatoms. The zero-order valence-electron chi connectivity index (χ0n) is 18.6. The fraction of sp³-hybridized carbons (Fsp3) is 0.652. The summed E-state index contributed by atoms with van der Waals surface area (Å²) in [4.78, 5) is 0. The molecule has 0 spiro atoms. The summed E-state index contributed by atoms with van der Waals surface area (Å²) in [5.74, 6) is 1.68. The zero-order chi connectivity index (χ0) is 20.8. The van der Waals surface area contributed by atoms with E-state index in [0.29, 0.717) is 0 Å². The van der Waals surface area contributed by atoms with Crippen LogP contribution in [0.5, 0.6) is 0 Å². The van der Waals surface area contributed by atoms with Gasteiger partial charge in [0, 0.05) is 0 Å². The minimum atomic E-state index is -1.07. The van der Waals surface area contributed by atoms with Gasteiger partial charge in [0.05, 0.1) is 11.2 Å². The van der Waals surface area contributed by atoms with Crippen LogP contribution in [0.15, 0.2) is 18.1 Å². The molecule has 1 aromatic carbocycles. The molecule has 0 saturated heterocycles. The van der Waals surface area contributed by atoms with Crippen molar-refractivity contribution in [2.45, 2.75) is 97.2 Å². The van der Waals surface area contributed by atoms with Crippen molar-refractivity contribution in [3.05, 3.63) is 40.4 Å². The Kier molecular flexibility index (Phi) is 5.80. The predicted octanol–water partition coefficient (Wildman–Crippen LogP) is 4.81. The Morgan fingerprint density at radius 1 is 1.07 bits per heavy atom. The van der Waals surface area contributed by atoms with Crippen LogP contribution < -0.4 is 0 Å². The predicted molar refractivity (Wildman–Crippen MR) is 115 cm³/mol. The Labute approximate surface area is 166 Å². The van der Waals surface area contributed by atoms with E-state index in [2.05, 4.69) is 46.8 Å². The molecule has 1 aliphatic rings. The molecule has 0 atom stereocenters. The average Bonchev–Trinajstić information content (AvgIpc) is 2.78. The first-order chi connectivity index (χ1) is 12.0. The Morgan fingerprint density at radius 3 is 2.19 bits per heavy atom. The van der Waals surface area contributed by atoms with Crippen molar-refractivity contribution in [2.75, 3.05) is 0 Å². The summed E-state index contributed by atoms with van der Waals surface area (Å²) in [6.45, 7) is 18.2. The van der Waals surface area contributed by atoms with Crippen LogP contribution in [0.4, 0.5) is 0 Å². The van der Waals surface area contributed by atoms with Gasteiger partial charge in [0.25, 0.3) is 0 Å². The molecule has 27 heavy (non-hydrogen) atoms. The minimum Gasteiger partial charge on any atom is -0.423 e. The molecule has 2 N–H and O–H groups in total. The van der Waals surface area contributed by atoms with Crippen LogP contribution in [-0.2, 0) is 21.9 Å². The van der Waals surface area contributed by atoms with Crippen LogP contribution in [0, 0.1) is 0 Å². The molecule has 0 aromatic heterocycles. The van der Waals surface area contributed by atoms with Crippen LogP contribution >= 0.6 is 0 Å². The van der Waals surface area contributed by atoms with Crippen LogP contribution in [-0.4, -0.2) is 28.5 Å². The van der Waals surface area contributed by atoms with E-state index in [1.54, 1.807) is 33.7 Å². The Balaban J connectivity index is 2.36. The van der Waals surface area contributed by atoms with Gasteiger partial charge in [0.1, 0.15) is 0 Å². The third-order valence-corrected chi connectivity index (χ3v) is 6.21. The first-order valence-electron chi connectivity index (χ1n) is 9.99. The fourth-order valence-electron chi connectivity index (χ4n) is 3.40. The van der Waals surface area contributed by atoms with Crippen LogP contribution in [0.3, 0.4) is 0 Å². The maximum atomic E-state index is 10.4. The van der Waals surface area contributed by atoms with Crippen molar-refractivity contribution in [2.24, 2.45) is 0 Å². The van der Waals surface area contributed by atoms with E-state index < -0.39 is 18.3 Å². The molecule has 1 aliphatic carbocycles. The second-order valence-electron chi connectivity index (χ2n) is 10.7. The number of rotatable bonds is 5. The lowest BCUT2D eigenvalue weighted by Gasteiger charge is -2.38. The van der Waals surface area contributed by atoms with Gasteiger partial charge >= 0.3 is 7.12 Å². The van der Waals surface area contributed by atoms with E-state index in [0.717, 1.165) is 18.4 Å². The highest BCUT2D eigenvalue weighted by Gasteiger charge is 2.38. The molecular weight excluding hydrogens is 335 g/mol. The number of hydrogen-bond donors (Lipinski definition) is 2. The van der Waals surface area contributed by atoms with Gasteiger partial charge in [-0.15, -0.1) is 0 Å². The normalized spacial score (nSPS) is 17.4. The van der Waals surface area contributed by atoms with Crippen molar-refractivity contribution in [1.29, 1.82) is 0 Å². The monoisotopic (exact) mass is 372 g/mol. The second kappa shape index (κ2) is 7.06. The SMILES string of the molecule is CC(C)(C)c1cc(C=CB(O)OC(C)(C)C(C)(C)O)c2c(c1)C(C)(C)CC2. The molecule has 2 rings (SSSR count). The van der Waals surface area contributed by atoms with Gasteiger partial charge in [-0.1, -0.05) is 58.8 Å². The van der Waals surface area contributed by atoms with E-state index in [1.807, 2.05) is 6.08 Å². The fourth-order valence-corrected chi connectivity index (χ4v) is 3.40. The van der Waals surface area contributed by atoms with Crippen molar-refractivity contribution in [3.63, 3.8) is 0 Å². The Morgan fingerprint density at radius 2 is 1.67 bits per heavy atom. The smallest absolute Gasteiger partial charge is 0.423 e. The molecule has 0 saturated carbocycles. The number of hydrogen-bond acceptors (Lipinski definition) is 3. The molecule has 0 fully saturated rings. The van der Waals surface area contributed by atoms with Gasteiger partial charge in [-0.2, -0.15) is 0 Å². The van der Waals surface area contributed by atoms with E-state index in [1.165, 1.54) is 16.7 Å². The van der Waals surface area contributed by atoms with Gasteiger partial charge < -0.3 is 14.8 Å². The minimum absolute atomic E-state index is 0.0638. The van der Waals surface area contributed by atoms with E-state index >= 15 is 0 Å². The van der Waals surface area contributed by atoms with Gasteiger partial charge in [-0.3, -0.25) is 0 Å². The van der Waals surface area contributed by atoms with Crippen molar-refractivity contribution >= 4 is 13.2 Å². The zero-order valence-corrected chi connectivity index (χ0v) is 18.6. The summed E-state index contributed by atoms with van der Waals surface area (Å²) in [5.41, 5.74) is 3.58. The first-order valence-corrected chi connectivity index (χ1v) is 9.99. The van der Waals surface area contributed by atoms with Crippen LogP contribution in [0.2, 0.25) is 0 Å².